The van der Waals surface area contributed by atoms with Gasteiger partial charge in [0.2, 0.25) is 5.91 Å². The largest absolute Gasteiger partial charge is 0.326 e. The molecule has 0 aromatic heterocycles. The topological polar surface area (TPSA) is 49.4 Å². The second-order valence-electron chi connectivity index (χ2n) is 8.52. The number of nitrogens with one attached hydrogen (secondary N) is 1. The monoisotopic (exact) mass is 500 g/mol. The number of anilines is 1. The summed E-state index contributed by atoms with van der Waals surface area (Å²) >= 11 is 6.81. The van der Waals surface area contributed by atoms with E-state index in [1.807, 2.05) is 85.8 Å². The number of unbranched alkanes of at least 4 members (excludes halogenated alkanes) is 2. The first-order chi connectivity index (χ1) is 17.0. The molecule has 6 heteroatoms. The molecular formula is C29H28N2O2S2. The number of hydrogen-bond acceptors (Lipinski definition) is 4. The molecule has 4 nitrogen and oxygen atoms in total. The van der Waals surface area contributed by atoms with Crippen molar-refractivity contribution in [1.29, 1.82) is 0 Å². The fraction of sp³-hybridized carbons (Fsp3) is 0.207. The lowest BCUT2D eigenvalue weighted by Crippen LogP contribution is -2.29. The summed E-state index contributed by atoms with van der Waals surface area (Å²) in [5, 5.41) is 5.18. The predicted octanol–water partition coefficient (Wildman–Crippen LogP) is 7.19. The van der Waals surface area contributed by atoms with Crippen molar-refractivity contribution < 1.29 is 9.59 Å². The fourth-order valence-corrected chi connectivity index (χ4v) is 5.39. The van der Waals surface area contributed by atoms with Crippen molar-refractivity contribution in [2.45, 2.75) is 32.6 Å². The Kier molecular flexibility index (Phi) is 8.50. The lowest BCUT2D eigenvalue weighted by atomic mass is 10.1. The third kappa shape index (κ3) is 6.68. The Hall–Kier alpha value is -3.22. The van der Waals surface area contributed by atoms with Crippen molar-refractivity contribution in [2.24, 2.45) is 0 Å². The van der Waals surface area contributed by atoms with Crippen molar-refractivity contribution in [1.82, 2.24) is 4.90 Å². The second kappa shape index (κ2) is 12.0. The van der Waals surface area contributed by atoms with Gasteiger partial charge in [0.25, 0.3) is 5.91 Å². The van der Waals surface area contributed by atoms with Gasteiger partial charge in [-0.05, 0) is 48.4 Å². The van der Waals surface area contributed by atoms with E-state index in [2.05, 4.69) is 11.4 Å². The highest BCUT2D eigenvalue weighted by Gasteiger charge is 2.31. The van der Waals surface area contributed by atoms with Gasteiger partial charge in [0.15, 0.2) is 0 Å². The Balaban J connectivity index is 1.23. The van der Waals surface area contributed by atoms with Crippen LogP contribution in [0, 0.1) is 0 Å². The van der Waals surface area contributed by atoms with E-state index in [-0.39, 0.29) is 11.8 Å². The van der Waals surface area contributed by atoms with E-state index >= 15 is 0 Å². The summed E-state index contributed by atoms with van der Waals surface area (Å²) in [4.78, 5) is 27.6. The minimum Gasteiger partial charge on any atom is -0.326 e. The molecular weight excluding hydrogens is 472 g/mol. The maximum absolute atomic E-state index is 12.8. The second-order valence-corrected chi connectivity index (χ2v) is 10.2. The van der Waals surface area contributed by atoms with Gasteiger partial charge in [-0.3, -0.25) is 14.5 Å². The molecule has 0 spiro atoms. The number of thiocarbonyl (C=S) groups is 1. The van der Waals surface area contributed by atoms with Crippen LogP contribution in [-0.4, -0.2) is 27.6 Å². The third-order valence-corrected chi connectivity index (χ3v) is 7.15. The van der Waals surface area contributed by atoms with Gasteiger partial charge in [0, 0.05) is 24.0 Å². The molecule has 0 radical (unpaired) electrons. The molecule has 1 aliphatic heterocycles. The summed E-state index contributed by atoms with van der Waals surface area (Å²) < 4.78 is 0.599. The van der Waals surface area contributed by atoms with E-state index in [0.717, 1.165) is 46.9 Å². The molecule has 0 unspecified atom stereocenters. The number of carbonyl (C=O) groups is 2. The number of fused-ring (bicyclic) bond motifs is 1. The van der Waals surface area contributed by atoms with E-state index in [1.54, 1.807) is 4.90 Å². The molecule has 1 N–H and O–H groups in total. The molecule has 0 bridgehead atoms. The molecule has 1 heterocycles. The number of thioether (sulfide) groups is 1. The Morgan fingerprint density at radius 1 is 0.971 bits per heavy atom. The number of benzene rings is 3. The van der Waals surface area contributed by atoms with Crippen molar-refractivity contribution >= 4 is 62.7 Å². The molecule has 1 fully saturated rings. The first-order valence-electron chi connectivity index (χ1n) is 11.8. The molecule has 0 aliphatic carbocycles. The number of nitrogens with zero attached hydrogens (tertiary/aromatic N) is 1. The highest BCUT2D eigenvalue weighted by Crippen LogP contribution is 2.32. The van der Waals surface area contributed by atoms with Gasteiger partial charge in [-0.2, -0.15) is 0 Å². The zero-order valence-electron chi connectivity index (χ0n) is 19.7. The summed E-state index contributed by atoms with van der Waals surface area (Å²) in [6.45, 7) is 2.57. The summed E-state index contributed by atoms with van der Waals surface area (Å²) in [7, 11) is 0. The number of carbonyl (C=O) groups excluding carboxylic acids is 2. The van der Waals surface area contributed by atoms with Crippen molar-refractivity contribution in [3.05, 3.63) is 94.9 Å². The molecule has 4 rings (SSSR count). The minimum absolute atomic E-state index is 0.00979. The van der Waals surface area contributed by atoms with Gasteiger partial charge in [0.05, 0.1) is 4.91 Å². The van der Waals surface area contributed by atoms with Crippen LogP contribution in [0.5, 0.6) is 0 Å². The maximum atomic E-state index is 12.8. The smallest absolute Gasteiger partial charge is 0.266 e. The number of amides is 2. The Bertz CT molecular complexity index is 1290. The van der Waals surface area contributed by atoms with Gasteiger partial charge in [0.1, 0.15) is 4.32 Å². The molecule has 2 amide bonds. The van der Waals surface area contributed by atoms with Gasteiger partial charge >= 0.3 is 0 Å². The third-order valence-electron chi connectivity index (χ3n) is 5.78. The normalized spacial score (nSPS) is 15.3. The average molecular weight is 501 g/mol. The van der Waals surface area contributed by atoms with Crippen molar-refractivity contribution in [2.75, 3.05) is 11.9 Å². The summed E-state index contributed by atoms with van der Waals surface area (Å²) in [5.74, 6) is -0.0231. The van der Waals surface area contributed by atoms with Crippen LogP contribution in [0.4, 0.5) is 5.69 Å². The van der Waals surface area contributed by atoms with Crippen molar-refractivity contribution in [3.63, 3.8) is 0 Å². The van der Waals surface area contributed by atoms with Gasteiger partial charge < -0.3 is 5.32 Å². The quantitative estimate of drug-likeness (QED) is 0.192. The summed E-state index contributed by atoms with van der Waals surface area (Å²) in [6, 6.07) is 24.0. The lowest BCUT2D eigenvalue weighted by molar-refractivity contribution is -0.122. The van der Waals surface area contributed by atoms with Crippen LogP contribution in [0.2, 0.25) is 0 Å². The lowest BCUT2D eigenvalue weighted by Gasteiger charge is -2.14. The van der Waals surface area contributed by atoms with Crippen LogP contribution in [0.1, 0.15) is 38.2 Å². The molecule has 35 heavy (non-hydrogen) atoms. The van der Waals surface area contributed by atoms with E-state index in [0.29, 0.717) is 22.2 Å². The number of allylic oxidation sites excluding steroid dienone is 2. The Labute approximate surface area is 216 Å². The fourth-order valence-electron chi connectivity index (χ4n) is 4.03. The summed E-state index contributed by atoms with van der Waals surface area (Å²) in [6.07, 6.45) is 6.83. The van der Waals surface area contributed by atoms with Gasteiger partial charge in [-0.1, -0.05) is 103 Å². The minimum atomic E-state index is -0.0329. The number of hydrogen-bond donors (Lipinski definition) is 1. The molecule has 1 saturated heterocycles. The SMILES string of the molecule is CC(/C=C1\SC(=S)N(CCCCCC(=O)Nc2cccc3ccccc23)C1=O)=C\c1ccccc1. The van der Waals surface area contributed by atoms with Crippen LogP contribution < -0.4 is 5.32 Å². The van der Waals surface area contributed by atoms with Gasteiger partial charge in [-0.25, -0.2) is 0 Å². The Morgan fingerprint density at radius 2 is 1.71 bits per heavy atom. The highest BCUT2D eigenvalue weighted by molar-refractivity contribution is 8.26. The van der Waals surface area contributed by atoms with Crippen LogP contribution in [0.25, 0.3) is 16.8 Å². The summed E-state index contributed by atoms with van der Waals surface area (Å²) in [5.41, 5.74) is 2.95. The molecule has 1 aliphatic rings. The van der Waals surface area contributed by atoms with E-state index < -0.39 is 0 Å². The van der Waals surface area contributed by atoms with Crippen LogP contribution >= 0.6 is 24.0 Å². The zero-order valence-corrected chi connectivity index (χ0v) is 21.3. The molecule has 0 atom stereocenters. The van der Waals surface area contributed by atoms with E-state index in [1.165, 1.54) is 11.8 Å². The number of rotatable bonds is 9. The van der Waals surface area contributed by atoms with E-state index in [9.17, 15) is 9.59 Å². The zero-order chi connectivity index (χ0) is 24.6. The molecule has 3 aromatic carbocycles. The van der Waals surface area contributed by atoms with Crippen LogP contribution in [-0.2, 0) is 9.59 Å². The van der Waals surface area contributed by atoms with Gasteiger partial charge in [-0.15, -0.1) is 0 Å². The maximum Gasteiger partial charge on any atom is 0.266 e. The Morgan fingerprint density at radius 3 is 2.54 bits per heavy atom. The molecule has 178 valence electrons. The highest BCUT2D eigenvalue weighted by atomic mass is 32.2. The average Bonchev–Trinajstić information content (AvgIpc) is 3.11. The predicted molar refractivity (Wildman–Crippen MR) is 151 cm³/mol. The molecule has 3 aromatic rings. The van der Waals surface area contributed by atoms with E-state index in [4.69, 9.17) is 12.2 Å². The first kappa shape index (κ1) is 24.9. The van der Waals surface area contributed by atoms with Crippen LogP contribution in [0.3, 0.4) is 0 Å². The van der Waals surface area contributed by atoms with Crippen molar-refractivity contribution in [3.8, 4) is 0 Å². The molecule has 0 saturated carbocycles. The standard InChI is InChI=1S/C29H28N2O2S2/c1-21(19-22-11-4-2-5-12-22)20-26-28(33)31(29(34)35-26)18-9-3-6-17-27(32)30-25-16-10-14-23-13-7-8-15-24(23)25/h2,4-5,7-8,10-16,19-20H,3,6,9,17-18H2,1H3,(H,30,32)/b21-19+,26-20-. The first-order valence-corrected chi connectivity index (χ1v) is 13.0. The van der Waals surface area contributed by atoms with Crippen LogP contribution in [0.15, 0.2) is 89.4 Å².